The summed E-state index contributed by atoms with van der Waals surface area (Å²) in [4.78, 5) is 23.5. The van der Waals surface area contributed by atoms with Gasteiger partial charge in [0.15, 0.2) is 5.78 Å². The van der Waals surface area contributed by atoms with Crippen molar-refractivity contribution in [3.63, 3.8) is 0 Å². The SMILES string of the molecule is CCCCC(=O)CC(=O)c1c(Cl)cc(Cl)cc1Cl. The van der Waals surface area contributed by atoms with Crippen molar-refractivity contribution in [2.45, 2.75) is 32.6 Å². The van der Waals surface area contributed by atoms with E-state index in [4.69, 9.17) is 34.8 Å². The first kappa shape index (κ1) is 15.5. The van der Waals surface area contributed by atoms with Gasteiger partial charge in [-0.25, -0.2) is 0 Å². The molecule has 1 aromatic rings. The molecular weight excluding hydrogens is 294 g/mol. The Kier molecular flexibility index (Phi) is 6.13. The minimum atomic E-state index is -0.359. The van der Waals surface area contributed by atoms with Crippen molar-refractivity contribution >= 4 is 46.4 Å². The molecule has 0 heterocycles. The lowest BCUT2D eigenvalue weighted by atomic mass is 10.0. The molecule has 1 rings (SSSR count). The first-order chi connectivity index (χ1) is 8.45. The van der Waals surface area contributed by atoms with E-state index in [0.29, 0.717) is 11.4 Å². The molecule has 5 heteroatoms. The van der Waals surface area contributed by atoms with Crippen molar-refractivity contribution < 1.29 is 9.59 Å². The number of carbonyl (C=O) groups excluding carboxylic acids is 2. The number of carbonyl (C=O) groups is 2. The van der Waals surface area contributed by atoms with Crippen molar-refractivity contribution in [3.05, 3.63) is 32.8 Å². The van der Waals surface area contributed by atoms with Crippen LogP contribution < -0.4 is 0 Å². The van der Waals surface area contributed by atoms with E-state index in [0.717, 1.165) is 12.8 Å². The van der Waals surface area contributed by atoms with Crippen LogP contribution in [0.1, 0.15) is 43.0 Å². The fourth-order valence-electron chi connectivity index (χ4n) is 1.54. The Morgan fingerprint density at radius 2 is 1.67 bits per heavy atom. The molecule has 0 spiro atoms. The van der Waals surface area contributed by atoms with Gasteiger partial charge in [-0.05, 0) is 18.6 Å². The van der Waals surface area contributed by atoms with Crippen LogP contribution in [0.15, 0.2) is 12.1 Å². The minimum absolute atomic E-state index is 0.0936. The molecule has 18 heavy (non-hydrogen) atoms. The highest BCUT2D eigenvalue weighted by atomic mass is 35.5. The Hall–Kier alpha value is -0.570. The predicted octanol–water partition coefficient (Wildman–Crippen LogP) is 4.98. The van der Waals surface area contributed by atoms with Crippen LogP contribution in [0.25, 0.3) is 0 Å². The van der Waals surface area contributed by atoms with Crippen LogP contribution >= 0.6 is 34.8 Å². The third-order valence-electron chi connectivity index (χ3n) is 2.45. The maximum absolute atomic E-state index is 11.9. The second-order valence-corrected chi connectivity index (χ2v) is 5.24. The maximum atomic E-state index is 11.9. The standard InChI is InChI=1S/C13H13Cl3O2/c1-2-3-4-9(17)7-12(18)13-10(15)5-8(14)6-11(13)16/h5-6H,2-4,7H2,1H3. The quantitative estimate of drug-likeness (QED) is 0.548. The summed E-state index contributed by atoms with van der Waals surface area (Å²) < 4.78 is 0. The molecule has 2 nitrogen and oxygen atoms in total. The monoisotopic (exact) mass is 306 g/mol. The number of rotatable bonds is 6. The summed E-state index contributed by atoms with van der Waals surface area (Å²) in [5.74, 6) is -0.452. The molecule has 0 N–H and O–H groups in total. The van der Waals surface area contributed by atoms with Crippen LogP contribution in [0, 0.1) is 0 Å². The summed E-state index contributed by atoms with van der Waals surface area (Å²) in [6, 6.07) is 2.89. The Bertz CT molecular complexity index is 446. The van der Waals surface area contributed by atoms with Gasteiger partial charge in [-0.3, -0.25) is 9.59 Å². The van der Waals surface area contributed by atoms with E-state index in [1.54, 1.807) is 0 Å². The maximum Gasteiger partial charge on any atom is 0.173 e. The van der Waals surface area contributed by atoms with Crippen LogP contribution in [0.4, 0.5) is 0 Å². The van der Waals surface area contributed by atoms with Gasteiger partial charge in [0, 0.05) is 11.4 Å². The zero-order valence-corrected chi connectivity index (χ0v) is 12.2. The van der Waals surface area contributed by atoms with Crippen molar-refractivity contribution in [2.75, 3.05) is 0 Å². The average Bonchev–Trinajstić information content (AvgIpc) is 2.24. The highest BCUT2D eigenvalue weighted by molar-refractivity contribution is 6.42. The Morgan fingerprint density at radius 1 is 1.11 bits per heavy atom. The molecule has 0 unspecified atom stereocenters. The average molecular weight is 308 g/mol. The first-order valence-electron chi connectivity index (χ1n) is 5.65. The van der Waals surface area contributed by atoms with Crippen molar-refractivity contribution in [3.8, 4) is 0 Å². The number of Topliss-reactive ketones (excluding diaryl/α,β-unsaturated/α-hetero) is 2. The van der Waals surface area contributed by atoms with Crippen molar-refractivity contribution in [1.82, 2.24) is 0 Å². The zero-order chi connectivity index (χ0) is 13.7. The van der Waals surface area contributed by atoms with Gasteiger partial charge in [0.05, 0.1) is 22.0 Å². The smallest absolute Gasteiger partial charge is 0.173 e. The van der Waals surface area contributed by atoms with E-state index in [-0.39, 0.29) is 33.6 Å². The Morgan fingerprint density at radius 3 is 2.17 bits per heavy atom. The van der Waals surface area contributed by atoms with E-state index >= 15 is 0 Å². The third kappa shape index (κ3) is 4.27. The summed E-state index contributed by atoms with van der Waals surface area (Å²) in [6.07, 6.45) is 1.95. The molecule has 0 saturated carbocycles. The minimum Gasteiger partial charge on any atom is -0.299 e. The number of benzene rings is 1. The molecule has 1 aromatic carbocycles. The molecule has 0 saturated heterocycles. The summed E-state index contributed by atoms with van der Waals surface area (Å²) >= 11 is 17.6. The van der Waals surface area contributed by atoms with Gasteiger partial charge >= 0.3 is 0 Å². The van der Waals surface area contributed by atoms with Gasteiger partial charge < -0.3 is 0 Å². The summed E-state index contributed by atoms with van der Waals surface area (Å²) in [5, 5.41) is 0.723. The molecule has 0 atom stereocenters. The third-order valence-corrected chi connectivity index (χ3v) is 3.27. The zero-order valence-electron chi connectivity index (χ0n) is 9.93. The summed E-state index contributed by atoms with van der Waals surface area (Å²) in [6.45, 7) is 1.99. The molecule has 0 radical (unpaired) electrons. The van der Waals surface area contributed by atoms with E-state index in [1.165, 1.54) is 12.1 Å². The highest BCUT2D eigenvalue weighted by Gasteiger charge is 2.18. The number of hydrogen-bond donors (Lipinski definition) is 0. The number of unbranched alkanes of at least 4 members (excludes halogenated alkanes) is 1. The topological polar surface area (TPSA) is 34.1 Å². The lowest BCUT2D eigenvalue weighted by molar-refractivity contribution is -0.118. The Balaban J connectivity index is 2.82. The van der Waals surface area contributed by atoms with Gasteiger partial charge in [-0.15, -0.1) is 0 Å². The van der Waals surface area contributed by atoms with Crippen LogP contribution in [0.2, 0.25) is 15.1 Å². The molecule has 0 aliphatic carbocycles. The molecule has 0 amide bonds. The fourth-order valence-corrected chi connectivity index (χ4v) is 2.57. The van der Waals surface area contributed by atoms with Crippen LogP contribution in [0.5, 0.6) is 0 Å². The van der Waals surface area contributed by atoms with Gasteiger partial charge in [0.25, 0.3) is 0 Å². The number of hydrogen-bond acceptors (Lipinski definition) is 2. The lowest BCUT2D eigenvalue weighted by Crippen LogP contribution is -2.09. The van der Waals surface area contributed by atoms with Crippen molar-refractivity contribution in [2.24, 2.45) is 0 Å². The van der Waals surface area contributed by atoms with Crippen LogP contribution in [-0.2, 0) is 4.79 Å². The van der Waals surface area contributed by atoms with E-state index < -0.39 is 0 Å². The highest BCUT2D eigenvalue weighted by Crippen LogP contribution is 2.30. The normalized spacial score (nSPS) is 10.4. The summed E-state index contributed by atoms with van der Waals surface area (Å²) in [5.41, 5.74) is 0.174. The molecule has 98 valence electrons. The number of halogens is 3. The van der Waals surface area contributed by atoms with E-state index in [2.05, 4.69) is 0 Å². The van der Waals surface area contributed by atoms with Crippen LogP contribution in [0.3, 0.4) is 0 Å². The first-order valence-corrected chi connectivity index (χ1v) is 6.78. The van der Waals surface area contributed by atoms with Gasteiger partial charge in [-0.2, -0.15) is 0 Å². The lowest BCUT2D eigenvalue weighted by Gasteiger charge is -2.06. The fraction of sp³-hybridized carbons (Fsp3) is 0.385. The predicted molar refractivity (Wildman–Crippen MR) is 75.0 cm³/mol. The van der Waals surface area contributed by atoms with Gasteiger partial charge in [0.2, 0.25) is 0 Å². The molecule has 0 aliphatic rings. The second kappa shape index (κ2) is 7.13. The molecule has 0 aliphatic heterocycles. The summed E-state index contributed by atoms with van der Waals surface area (Å²) in [7, 11) is 0. The number of ketones is 2. The van der Waals surface area contributed by atoms with Crippen LogP contribution in [-0.4, -0.2) is 11.6 Å². The van der Waals surface area contributed by atoms with E-state index in [1.807, 2.05) is 6.92 Å². The van der Waals surface area contributed by atoms with Gasteiger partial charge in [-0.1, -0.05) is 48.1 Å². The van der Waals surface area contributed by atoms with Crippen molar-refractivity contribution in [1.29, 1.82) is 0 Å². The molecule has 0 fully saturated rings. The molecule has 0 aromatic heterocycles. The second-order valence-electron chi connectivity index (χ2n) is 3.99. The molecule has 0 bridgehead atoms. The van der Waals surface area contributed by atoms with E-state index in [9.17, 15) is 9.59 Å². The largest absolute Gasteiger partial charge is 0.299 e. The molecular formula is C13H13Cl3O2. The van der Waals surface area contributed by atoms with Gasteiger partial charge in [0.1, 0.15) is 5.78 Å². The Labute approximate surface area is 121 Å².